The molecule has 0 aliphatic rings. The first-order valence-corrected chi connectivity index (χ1v) is 6.06. The van der Waals surface area contributed by atoms with Crippen LogP contribution in [-0.4, -0.2) is 24.9 Å². The number of carbonyl (C=O) groups is 2. The zero-order valence-corrected chi connectivity index (χ0v) is 10.8. The molecule has 92 valence electrons. The summed E-state index contributed by atoms with van der Waals surface area (Å²) in [5, 5.41) is 5.21. The van der Waals surface area contributed by atoms with Crippen molar-refractivity contribution in [2.45, 2.75) is 13.8 Å². The van der Waals surface area contributed by atoms with Crippen LogP contribution in [0.3, 0.4) is 0 Å². The maximum atomic E-state index is 11.6. The van der Waals surface area contributed by atoms with E-state index in [2.05, 4.69) is 17.2 Å². The van der Waals surface area contributed by atoms with Crippen molar-refractivity contribution < 1.29 is 9.59 Å². The molecule has 0 aliphatic carbocycles. The second kappa shape index (κ2) is 6.20. The van der Waals surface area contributed by atoms with Crippen molar-refractivity contribution in [3.8, 4) is 0 Å². The number of amides is 2. The normalized spacial score (nSPS) is 9.76. The smallest absolute Gasteiger partial charge is 0.261 e. The molecule has 0 fully saturated rings. The topological polar surface area (TPSA) is 58.2 Å². The highest BCUT2D eigenvalue weighted by Crippen LogP contribution is 2.14. The molecule has 0 saturated heterocycles. The minimum Gasteiger partial charge on any atom is -0.351 e. The molecule has 17 heavy (non-hydrogen) atoms. The molecule has 1 aromatic rings. The van der Waals surface area contributed by atoms with E-state index in [0.29, 0.717) is 11.4 Å². The monoisotopic (exact) mass is 252 g/mol. The van der Waals surface area contributed by atoms with E-state index in [4.69, 9.17) is 0 Å². The molecule has 0 aromatic carbocycles. The lowest BCUT2D eigenvalue weighted by atomic mass is 10.3. The first kappa shape index (κ1) is 13.4. The van der Waals surface area contributed by atoms with E-state index in [-0.39, 0.29) is 18.4 Å². The summed E-state index contributed by atoms with van der Waals surface area (Å²) in [5.41, 5.74) is 0.874. The SMILES string of the molecule is C=C(C)CNC(=O)CNC(=O)c1ccc(C)s1. The van der Waals surface area contributed by atoms with Crippen LogP contribution in [0.4, 0.5) is 0 Å². The number of rotatable bonds is 5. The summed E-state index contributed by atoms with van der Waals surface area (Å²) in [5.74, 6) is -0.428. The van der Waals surface area contributed by atoms with Crippen LogP contribution >= 0.6 is 11.3 Å². The Hall–Kier alpha value is -1.62. The zero-order valence-electron chi connectivity index (χ0n) is 10.0. The standard InChI is InChI=1S/C12H16N2O2S/c1-8(2)6-13-11(15)7-14-12(16)10-5-4-9(3)17-10/h4-5H,1,6-7H2,2-3H3,(H,13,15)(H,14,16). The van der Waals surface area contributed by atoms with Crippen molar-refractivity contribution in [2.75, 3.05) is 13.1 Å². The van der Waals surface area contributed by atoms with Crippen molar-refractivity contribution in [2.24, 2.45) is 0 Å². The summed E-state index contributed by atoms with van der Waals surface area (Å²) in [4.78, 5) is 24.6. The van der Waals surface area contributed by atoms with Gasteiger partial charge < -0.3 is 10.6 Å². The fourth-order valence-corrected chi connectivity index (χ4v) is 1.90. The van der Waals surface area contributed by atoms with Crippen LogP contribution in [0.5, 0.6) is 0 Å². The fraction of sp³-hybridized carbons (Fsp3) is 0.333. The van der Waals surface area contributed by atoms with Crippen molar-refractivity contribution in [3.63, 3.8) is 0 Å². The lowest BCUT2D eigenvalue weighted by Gasteiger charge is -2.05. The van der Waals surface area contributed by atoms with Gasteiger partial charge in [-0.1, -0.05) is 12.2 Å². The number of carbonyl (C=O) groups excluding carboxylic acids is 2. The highest BCUT2D eigenvalue weighted by atomic mass is 32.1. The molecule has 2 amide bonds. The molecule has 0 saturated carbocycles. The third-order valence-electron chi connectivity index (χ3n) is 1.96. The largest absolute Gasteiger partial charge is 0.351 e. The van der Waals surface area contributed by atoms with E-state index in [9.17, 15) is 9.59 Å². The Morgan fingerprint density at radius 1 is 1.29 bits per heavy atom. The lowest BCUT2D eigenvalue weighted by molar-refractivity contribution is -0.119. The van der Waals surface area contributed by atoms with Crippen LogP contribution in [-0.2, 0) is 4.79 Å². The molecule has 1 heterocycles. The summed E-state index contributed by atoms with van der Waals surface area (Å²) in [6.07, 6.45) is 0. The van der Waals surface area contributed by atoms with Gasteiger partial charge in [0, 0.05) is 11.4 Å². The predicted octanol–water partition coefficient (Wildman–Crippen LogP) is 1.48. The fourth-order valence-electron chi connectivity index (χ4n) is 1.12. The minimum atomic E-state index is -0.214. The summed E-state index contributed by atoms with van der Waals surface area (Å²) < 4.78 is 0. The van der Waals surface area contributed by atoms with E-state index in [0.717, 1.165) is 10.5 Å². The minimum absolute atomic E-state index is 0.0109. The number of hydrogen-bond donors (Lipinski definition) is 2. The second-order valence-electron chi connectivity index (χ2n) is 3.83. The predicted molar refractivity (Wildman–Crippen MR) is 69.2 cm³/mol. The Morgan fingerprint density at radius 3 is 2.53 bits per heavy atom. The first-order valence-electron chi connectivity index (χ1n) is 5.24. The molecule has 4 nitrogen and oxygen atoms in total. The molecule has 0 atom stereocenters. The van der Waals surface area contributed by atoms with Gasteiger partial charge in [-0.25, -0.2) is 0 Å². The van der Waals surface area contributed by atoms with E-state index < -0.39 is 0 Å². The zero-order chi connectivity index (χ0) is 12.8. The van der Waals surface area contributed by atoms with Crippen LogP contribution in [0, 0.1) is 6.92 Å². The van der Waals surface area contributed by atoms with Crippen LogP contribution in [0.15, 0.2) is 24.3 Å². The Balaban J connectivity index is 2.33. The molecule has 0 radical (unpaired) electrons. The average molecular weight is 252 g/mol. The molecule has 0 spiro atoms. The Kier molecular flexibility index (Phi) is 4.90. The van der Waals surface area contributed by atoms with Gasteiger partial charge >= 0.3 is 0 Å². The quantitative estimate of drug-likeness (QED) is 0.780. The maximum absolute atomic E-state index is 11.6. The molecule has 1 rings (SSSR count). The van der Waals surface area contributed by atoms with E-state index in [1.54, 1.807) is 6.07 Å². The highest BCUT2D eigenvalue weighted by Gasteiger charge is 2.09. The molecule has 2 N–H and O–H groups in total. The third kappa shape index (κ3) is 4.82. The molecule has 0 bridgehead atoms. The van der Waals surface area contributed by atoms with Gasteiger partial charge in [0.2, 0.25) is 5.91 Å². The second-order valence-corrected chi connectivity index (χ2v) is 5.11. The maximum Gasteiger partial charge on any atom is 0.261 e. The van der Waals surface area contributed by atoms with Gasteiger partial charge in [0.15, 0.2) is 0 Å². The summed E-state index contributed by atoms with van der Waals surface area (Å²) in [6, 6.07) is 3.63. The molecule has 5 heteroatoms. The molecular formula is C12H16N2O2S. The van der Waals surface area contributed by atoms with Gasteiger partial charge in [-0.15, -0.1) is 11.3 Å². The first-order chi connectivity index (χ1) is 7.99. The molecule has 1 aromatic heterocycles. The van der Waals surface area contributed by atoms with Gasteiger partial charge in [0.05, 0.1) is 11.4 Å². The van der Waals surface area contributed by atoms with E-state index in [1.807, 2.05) is 19.9 Å². The van der Waals surface area contributed by atoms with Gasteiger partial charge in [-0.05, 0) is 26.0 Å². The van der Waals surface area contributed by atoms with Gasteiger partial charge in [-0.2, -0.15) is 0 Å². The van der Waals surface area contributed by atoms with Gasteiger partial charge in [0.25, 0.3) is 5.91 Å². The van der Waals surface area contributed by atoms with Crippen molar-refractivity contribution in [3.05, 3.63) is 34.0 Å². The van der Waals surface area contributed by atoms with Crippen LogP contribution in [0.2, 0.25) is 0 Å². The lowest BCUT2D eigenvalue weighted by Crippen LogP contribution is -2.37. The summed E-state index contributed by atoms with van der Waals surface area (Å²) in [6.45, 7) is 7.86. The Labute approximate surface area is 105 Å². The average Bonchev–Trinajstić information content (AvgIpc) is 2.70. The van der Waals surface area contributed by atoms with E-state index >= 15 is 0 Å². The van der Waals surface area contributed by atoms with Crippen LogP contribution < -0.4 is 10.6 Å². The number of hydrogen-bond acceptors (Lipinski definition) is 3. The van der Waals surface area contributed by atoms with Crippen molar-refractivity contribution in [1.82, 2.24) is 10.6 Å². The summed E-state index contributed by atoms with van der Waals surface area (Å²) in [7, 11) is 0. The van der Waals surface area contributed by atoms with E-state index in [1.165, 1.54) is 11.3 Å². The van der Waals surface area contributed by atoms with Crippen molar-refractivity contribution >= 4 is 23.2 Å². The Morgan fingerprint density at radius 2 is 2.00 bits per heavy atom. The number of nitrogens with one attached hydrogen (secondary N) is 2. The highest BCUT2D eigenvalue weighted by molar-refractivity contribution is 7.13. The van der Waals surface area contributed by atoms with Crippen LogP contribution in [0.1, 0.15) is 21.5 Å². The van der Waals surface area contributed by atoms with Gasteiger partial charge in [0.1, 0.15) is 0 Å². The Bertz CT molecular complexity index is 437. The third-order valence-corrected chi connectivity index (χ3v) is 2.96. The number of aryl methyl sites for hydroxylation is 1. The number of thiophene rings is 1. The molecule has 0 aliphatic heterocycles. The molecular weight excluding hydrogens is 236 g/mol. The van der Waals surface area contributed by atoms with Gasteiger partial charge in [-0.3, -0.25) is 9.59 Å². The molecule has 0 unspecified atom stereocenters. The summed E-state index contributed by atoms with van der Waals surface area (Å²) >= 11 is 1.41. The van der Waals surface area contributed by atoms with Crippen LogP contribution in [0.25, 0.3) is 0 Å². The van der Waals surface area contributed by atoms with Crippen molar-refractivity contribution in [1.29, 1.82) is 0 Å².